The minimum Gasteiger partial charge on any atom is -0.478 e. The molecule has 1 aromatic heterocycles. The monoisotopic (exact) mass is 345 g/mol. The SMILES string of the molecule is CCOC(=O)/C(C#N)=C\c1ccc(-c2ccc(Cl)c(C(=O)O)c2)o1. The molecular weight excluding hydrogens is 334 g/mol. The highest BCUT2D eigenvalue weighted by molar-refractivity contribution is 6.33. The maximum absolute atomic E-state index is 11.6. The topological polar surface area (TPSA) is 101 Å². The van der Waals surface area contributed by atoms with E-state index in [-0.39, 0.29) is 28.5 Å². The number of halogens is 1. The number of benzene rings is 1. The molecule has 0 aliphatic rings. The normalized spacial score (nSPS) is 11.0. The molecule has 2 rings (SSSR count). The van der Waals surface area contributed by atoms with Crippen LogP contribution >= 0.6 is 11.6 Å². The van der Waals surface area contributed by atoms with Crippen LogP contribution in [0.1, 0.15) is 23.0 Å². The van der Waals surface area contributed by atoms with Gasteiger partial charge in [0, 0.05) is 11.6 Å². The Morgan fingerprint density at radius 1 is 1.38 bits per heavy atom. The van der Waals surface area contributed by atoms with Gasteiger partial charge in [0.2, 0.25) is 0 Å². The molecule has 0 aliphatic heterocycles. The van der Waals surface area contributed by atoms with Crippen LogP contribution in [0.4, 0.5) is 0 Å². The average Bonchev–Trinajstić information content (AvgIpc) is 3.01. The molecular formula is C17H12ClNO5. The molecule has 0 aliphatic carbocycles. The number of esters is 1. The van der Waals surface area contributed by atoms with Crippen LogP contribution in [0.5, 0.6) is 0 Å². The molecule has 0 fully saturated rings. The Morgan fingerprint density at radius 2 is 2.12 bits per heavy atom. The first-order valence-electron chi connectivity index (χ1n) is 6.88. The van der Waals surface area contributed by atoms with Crippen molar-refractivity contribution in [3.05, 3.63) is 52.3 Å². The predicted molar refractivity (Wildman–Crippen MR) is 86.3 cm³/mol. The summed E-state index contributed by atoms with van der Waals surface area (Å²) in [6.07, 6.45) is 1.26. The fourth-order valence-corrected chi connectivity index (χ4v) is 2.11. The van der Waals surface area contributed by atoms with E-state index in [1.807, 2.05) is 0 Å². The zero-order valence-corrected chi connectivity index (χ0v) is 13.3. The predicted octanol–water partition coefficient (Wildman–Crippen LogP) is 3.77. The Bertz CT molecular complexity index is 860. The summed E-state index contributed by atoms with van der Waals surface area (Å²) in [4.78, 5) is 22.7. The number of rotatable bonds is 5. The Kier molecular flexibility index (Phi) is 5.40. The van der Waals surface area contributed by atoms with Gasteiger partial charge < -0.3 is 14.3 Å². The van der Waals surface area contributed by atoms with Gasteiger partial charge >= 0.3 is 11.9 Å². The number of aromatic carboxylic acids is 1. The number of nitriles is 1. The summed E-state index contributed by atoms with van der Waals surface area (Å²) in [5.74, 6) is -1.25. The van der Waals surface area contributed by atoms with E-state index in [0.717, 1.165) is 0 Å². The molecule has 0 amide bonds. The third-order valence-electron chi connectivity index (χ3n) is 3.01. The smallest absolute Gasteiger partial charge is 0.349 e. The van der Waals surface area contributed by atoms with Gasteiger partial charge in [-0.2, -0.15) is 5.26 Å². The summed E-state index contributed by atoms with van der Waals surface area (Å²) in [6, 6.07) is 9.35. The zero-order valence-electron chi connectivity index (χ0n) is 12.6. The van der Waals surface area contributed by atoms with Crippen LogP contribution in [0.15, 0.2) is 40.3 Å². The first-order chi connectivity index (χ1) is 11.5. The van der Waals surface area contributed by atoms with E-state index < -0.39 is 11.9 Å². The van der Waals surface area contributed by atoms with Gasteiger partial charge in [0.25, 0.3) is 0 Å². The number of nitrogens with zero attached hydrogens (tertiary/aromatic N) is 1. The molecule has 6 nitrogen and oxygen atoms in total. The fourth-order valence-electron chi connectivity index (χ4n) is 1.92. The number of hydrogen-bond donors (Lipinski definition) is 1. The Morgan fingerprint density at radius 3 is 2.75 bits per heavy atom. The van der Waals surface area contributed by atoms with E-state index in [4.69, 9.17) is 31.1 Å². The summed E-state index contributed by atoms with van der Waals surface area (Å²) >= 11 is 5.83. The average molecular weight is 346 g/mol. The second-order valence-corrected chi connectivity index (χ2v) is 5.00. The van der Waals surface area contributed by atoms with Crippen molar-refractivity contribution in [1.82, 2.24) is 0 Å². The van der Waals surface area contributed by atoms with Crippen molar-refractivity contribution >= 4 is 29.6 Å². The summed E-state index contributed by atoms with van der Waals surface area (Å²) in [6.45, 7) is 1.79. The number of carboxylic acid groups (broad SMARTS) is 1. The molecule has 0 atom stereocenters. The number of ether oxygens (including phenoxy) is 1. The van der Waals surface area contributed by atoms with Crippen LogP contribution in [0, 0.1) is 11.3 Å². The number of furan rings is 1. The van der Waals surface area contributed by atoms with Crippen molar-refractivity contribution in [3.8, 4) is 17.4 Å². The third kappa shape index (κ3) is 3.83. The molecule has 1 N–H and O–H groups in total. The van der Waals surface area contributed by atoms with Crippen LogP contribution in [0.2, 0.25) is 5.02 Å². The fraction of sp³-hybridized carbons (Fsp3) is 0.118. The van der Waals surface area contributed by atoms with Crippen LogP contribution in [-0.2, 0) is 9.53 Å². The molecule has 0 radical (unpaired) electrons. The summed E-state index contributed by atoms with van der Waals surface area (Å²) in [5.41, 5.74) is 0.262. The second kappa shape index (κ2) is 7.49. The van der Waals surface area contributed by atoms with Gasteiger partial charge in [-0.1, -0.05) is 11.6 Å². The molecule has 7 heteroatoms. The summed E-state index contributed by atoms with van der Waals surface area (Å²) in [5, 5.41) is 18.2. The van der Waals surface area contributed by atoms with Gasteiger partial charge in [0.05, 0.1) is 17.2 Å². The van der Waals surface area contributed by atoms with Crippen molar-refractivity contribution in [2.45, 2.75) is 6.92 Å². The minimum absolute atomic E-state index is 0.0492. The lowest BCUT2D eigenvalue weighted by Crippen LogP contribution is -2.05. The minimum atomic E-state index is -1.15. The molecule has 0 saturated heterocycles. The van der Waals surface area contributed by atoms with Gasteiger partial charge in [0.15, 0.2) is 0 Å². The van der Waals surface area contributed by atoms with Crippen molar-refractivity contribution < 1.29 is 23.8 Å². The Hall–Kier alpha value is -3.04. The lowest BCUT2D eigenvalue weighted by atomic mass is 10.1. The van der Waals surface area contributed by atoms with Gasteiger partial charge in [0.1, 0.15) is 23.2 Å². The van der Waals surface area contributed by atoms with Crippen molar-refractivity contribution in [1.29, 1.82) is 5.26 Å². The molecule has 24 heavy (non-hydrogen) atoms. The molecule has 0 spiro atoms. The largest absolute Gasteiger partial charge is 0.478 e. The van der Waals surface area contributed by atoms with Crippen LogP contribution in [0.3, 0.4) is 0 Å². The van der Waals surface area contributed by atoms with E-state index in [1.165, 1.54) is 18.2 Å². The number of hydrogen-bond acceptors (Lipinski definition) is 5. The standard InChI is InChI=1S/C17H12ClNO5/c1-2-23-17(22)11(9-19)7-12-4-6-15(24-12)10-3-5-14(18)13(8-10)16(20)21/h3-8H,2H2,1H3,(H,20,21)/b11-7-. The third-order valence-corrected chi connectivity index (χ3v) is 3.34. The second-order valence-electron chi connectivity index (χ2n) is 4.59. The maximum atomic E-state index is 11.6. The highest BCUT2D eigenvalue weighted by Gasteiger charge is 2.14. The first-order valence-corrected chi connectivity index (χ1v) is 7.26. The summed E-state index contributed by atoms with van der Waals surface area (Å²) in [7, 11) is 0. The molecule has 0 saturated carbocycles. The number of carboxylic acids is 1. The maximum Gasteiger partial charge on any atom is 0.349 e. The molecule has 122 valence electrons. The summed E-state index contributed by atoms with van der Waals surface area (Å²) < 4.78 is 10.3. The van der Waals surface area contributed by atoms with Gasteiger partial charge in [-0.05, 0) is 37.3 Å². The quantitative estimate of drug-likeness (QED) is 0.503. The van der Waals surface area contributed by atoms with Gasteiger partial charge in [-0.25, -0.2) is 9.59 Å². The molecule has 2 aromatic rings. The Balaban J connectivity index is 2.34. The number of carbonyl (C=O) groups is 2. The first kappa shape index (κ1) is 17.3. The lowest BCUT2D eigenvalue weighted by molar-refractivity contribution is -0.137. The molecule has 1 aromatic carbocycles. The molecule has 0 unspecified atom stereocenters. The van der Waals surface area contributed by atoms with E-state index in [1.54, 1.807) is 31.2 Å². The van der Waals surface area contributed by atoms with Crippen LogP contribution in [0.25, 0.3) is 17.4 Å². The van der Waals surface area contributed by atoms with E-state index in [9.17, 15) is 9.59 Å². The highest BCUT2D eigenvalue weighted by atomic mass is 35.5. The lowest BCUT2D eigenvalue weighted by Gasteiger charge is -2.02. The number of carbonyl (C=O) groups excluding carboxylic acids is 1. The van der Waals surface area contributed by atoms with E-state index in [2.05, 4.69) is 0 Å². The zero-order chi connectivity index (χ0) is 17.7. The van der Waals surface area contributed by atoms with Crippen molar-refractivity contribution in [3.63, 3.8) is 0 Å². The molecule has 1 heterocycles. The van der Waals surface area contributed by atoms with Gasteiger partial charge in [-0.3, -0.25) is 0 Å². The molecule has 0 bridgehead atoms. The Labute approximate surface area is 142 Å². The van der Waals surface area contributed by atoms with Crippen LogP contribution < -0.4 is 0 Å². The van der Waals surface area contributed by atoms with E-state index in [0.29, 0.717) is 11.3 Å². The van der Waals surface area contributed by atoms with Crippen molar-refractivity contribution in [2.24, 2.45) is 0 Å². The van der Waals surface area contributed by atoms with Gasteiger partial charge in [-0.15, -0.1) is 0 Å². The van der Waals surface area contributed by atoms with Crippen molar-refractivity contribution in [2.75, 3.05) is 6.61 Å². The highest BCUT2D eigenvalue weighted by Crippen LogP contribution is 2.27. The van der Waals surface area contributed by atoms with E-state index >= 15 is 0 Å². The van der Waals surface area contributed by atoms with Crippen LogP contribution in [-0.4, -0.2) is 23.7 Å².